The average Bonchev–Trinajstić information content (AvgIpc) is 2.68. The number of anilines is 1. The fourth-order valence-electron chi connectivity index (χ4n) is 3.04. The van der Waals surface area contributed by atoms with Crippen molar-refractivity contribution in [2.45, 2.75) is 30.2 Å². The Kier molecular flexibility index (Phi) is 6.11. The molecule has 0 spiro atoms. The third-order valence-corrected chi connectivity index (χ3v) is 6.92. The number of nitrogens with one attached hydrogen (secondary N) is 1. The normalized spacial score (nSPS) is 18.1. The molecule has 1 aliphatic rings. The van der Waals surface area contributed by atoms with Crippen LogP contribution in [0.4, 0.5) is 18.9 Å². The first kappa shape index (κ1) is 20.8. The third-order valence-electron chi connectivity index (χ3n) is 4.47. The van der Waals surface area contributed by atoms with Gasteiger partial charge in [-0.1, -0.05) is 22.4 Å². The first-order chi connectivity index (χ1) is 13.2. The summed E-state index contributed by atoms with van der Waals surface area (Å²) in [5.74, 6) is -5.43. The van der Waals surface area contributed by atoms with Gasteiger partial charge < -0.3 is 5.32 Å². The molecule has 1 amide bonds. The van der Waals surface area contributed by atoms with Crippen molar-refractivity contribution in [3.8, 4) is 0 Å². The summed E-state index contributed by atoms with van der Waals surface area (Å²) in [6.45, 7) is 0.122. The SMILES string of the molecule is O=C(Nc1ccc(F)c(F)c1F)[C@H]1CCCCN1S(=O)(=O)c1ccc(Br)cc1. The Morgan fingerprint density at radius 3 is 2.39 bits per heavy atom. The molecular weight excluding hydrogens is 461 g/mol. The molecule has 0 radical (unpaired) electrons. The molecule has 10 heteroatoms. The Bertz CT molecular complexity index is 1000. The zero-order valence-corrected chi connectivity index (χ0v) is 16.9. The van der Waals surface area contributed by atoms with Gasteiger partial charge in [0.1, 0.15) is 6.04 Å². The first-order valence-corrected chi connectivity index (χ1v) is 10.7. The molecule has 1 fully saturated rings. The van der Waals surface area contributed by atoms with E-state index in [1.165, 1.54) is 12.1 Å². The van der Waals surface area contributed by atoms with Gasteiger partial charge in [-0.15, -0.1) is 0 Å². The fraction of sp³-hybridized carbons (Fsp3) is 0.278. The van der Waals surface area contributed by atoms with E-state index in [9.17, 15) is 26.4 Å². The molecule has 1 atom stereocenters. The van der Waals surface area contributed by atoms with Crippen LogP contribution in [0.1, 0.15) is 19.3 Å². The van der Waals surface area contributed by atoms with Crippen molar-refractivity contribution in [2.24, 2.45) is 0 Å². The lowest BCUT2D eigenvalue weighted by atomic mass is 10.0. The minimum Gasteiger partial charge on any atom is -0.322 e. The van der Waals surface area contributed by atoms with Gasteiger partial charge in [0.2, 0.25) is 15.9 Å². The summed E-state index contributed by atoms with van der Waals surface area (Å²) in [5.41, 5.74) is -0.546. The molecule has 0 aliphatic carbocycles. The highest BCUT2D eigenvalue weighted by molar-refractivity contribution is 9.10. The highest BCUT2D eigenvalue weighted by Gasteiger charge is 2.38. The summed E-state index contributed by atoms with van der Waals surface area (Å²) < 4.78 is 68.0. The smallest absolute Gasteiger partial charge is 0.243 e. The summed E-state index contributed by atoms with van der Waals surface area (Å²) in [4.78, 5) is 12.7. The second kappa shape index (κ2) is 8.22. The van der Waals surface area contributed by atoms with Crippen molar-refractivity contribution in [3.63, 3.8) is 0 Å². The minimum atomic E-state index is -3.97. The van der Waals surface area contributed by atoms with Crippen LogP contribution in [0.5, 0.6) is 0 Å². The molecule has 5 nitrogen and oxygen atoms in total. The van der Waals surface area contributed by atoms with Crippen LogP contribution in [0.15, 0.2) is 45.8 Å². The van der Waals surface area contributed by atoms with Crippen LogP contribution in [-0.2, 0) is 14.8 Å². The van der Waals surface area contributed by atoms with Crippen molar-refractivity contribution < 1.29 is 26.4 Å². The monoisotopic (exact) mass is 476 g/mol. The Labute approximate surface area is 168 Å². The van der Waals surface area contributed by atoms with Crippen LogP contribution in [0.3, 0.4) is 0 Å². The zero-order chi connectivity index (χ0) is 20.5. The Morgan fingerprint density at radius 2 is 1.71 bits per heavy atom. The fourth-order valence-corrected chi connectivity index (χ4v) is 4.96. The molecule has 1 saturated heterocycles. The van der Waals surface area contributed by atoms with Crippen LogP contribution in [0, 0.1) is 17.5 Å². The van der Waals surface area contributed by atoms with Crippen molar-refractivity contribution in [1.82, 2.24) is 4.31 Å². The Morgan fingerprint density at radius 1 is 1.04 bits per heavy atom. The van der Waals surface area contributed by atoms with E-state index in [1.807, 2.05) is 0 Å². The quantitative estimate of drug-likeness (QED) is 0.676. The first-order valence-electron chi connectivity index (χ1n) is 8.43. The van der Waals surface area contributed by atoms with Crippen LogP contribution in [0.25, 0.3) is 0 Å². The van der Waals surface area contributed by atoms with E-state index in [2.05, 4.69) is 21.2 Å². The summed E-state index contributed by atoms with van der Waals surface area (Å²) in [7, 11) is -3.97. The molecule has 1 N–H and O–H groups in total. The maximum absolute atomic E-state index is 13.9. The van der Waals surface area contributed by atoms with Gasteiger partial charge in [-0.2, -0.15) is 4.31 Å². The lowest BCUT2D eigenvalue weighted by Gasteiger charge is -2.33. The second-order valence-corrected chi connectivity index (χ2v) is 9.10. The van der Waals surface area contributed by atoms with Gasteiger partial charge >= 0.3 is 0 Å². The van der Waals surface area contributed by atoms with Gasteiger partial charge in [0, 0.05) is 11.0 Å². The Hall–Kier alpha value is -1.91. The topological polar surface area (TPSA) is 66.5 Å². The van der Waals surface area contributed by atoms with E-state index in [1.54, 1.807) is 12.1 Å². The van der Waals surface area contributed by atoms with Crippen LogP contribution in [-0.4, -0.2) is 31.2 Å². The highest BCUT2D eigenvalue weighted by atomic mass is 79.9. The number of piperidine rings is 1. The number of amides is 1. The maximum Gasteiger partial charge on any atom is 0.243 e. The van der Waals surface area contributed by atoms with E-state index in [0.29, 0.717) is 23.4 Å². The minimum absolute atomic E-state index is 0.0226. The highest BCUT2D eigenvalue weighted by Crippen LogP contribution is 2.28. The molecule has 0 unspecified atom stereocenters. The van der Waals surface area contributed by atoms with Crippen molar-refractivity contribution in [1.29, 1.82) is 0 Å². The van der Waals surface area contributed by atoms with Gasteiger partial charge in [0.15, 0.2) is 17.5 Å². The molecule has 0 aromatic heterocycles. The standard InChI is InChI=1S/C18H16BrF3N2O3S/c19-11-4-6-12(7-5-11)28(26,27)24-10-2-1-3-15(24)18(25)23-14-9-8-13(20)16(21)17(14)22/h4-9,15H,1-3,10H2,(H,23,25)/t15-/m1/s1. The molecular formula is C18H16BrF3N2O3S. The van der Waals surface area contributed by atoms with Gasteiger partial charge in [-0.05, 0) is 49.2 Å². The van der Waals surface area contributed by atoms with Crippen molar-refractivity contribution in [2.75, 3.05) is 11.9 Å². The predicted octanol–water partition coefficient (Wildman–Crippen LogP) is 4.05. The predicted molar refractivity (Wildman–Crippen MR) is 101 cm³/mol. The van der Waals surface area contributed by atoms with Crippen LogP contribution in [0.2, 0.25) is 0 Å². The molecule has 0 saturated carbocycles. The largest absolute Gasteiger partial charge is 0.322 e. The lowest BCUT2D eigenvalue weighted by Crippen LogP contribution is -2.49. The second-order valence-electron chi connectivity index (χ2n) is 6.29. The molecule has 150 valence electrons. The zero-order valence-electron chi connectivity index (χ0n) is 14.5. The molecule has 2 aromatic rings. The van der Waals surface area contributed by atoms with E-state index < -0.39 is 45.1 Å². The summed E-state index contributed by atoms with van der Waals surface area (Å²) in [6.07, 6.45) is 1.40. The van der Waals surface area contributed by atoms with E-state index in [-0.39, 0.29) is 17.9 Å². The number of hydrogen-bond acceptors (Lipinski definition) is 3. The number of carbonyl (C=O) groups is 1. The summed E-state index contributed by atoms with van der Waals surface area (Å²) >= 11 is 3.23. The maximum atomic E-state index is 13.9. The number of nitrogens with zero attached hydrogens (tertiary/aromatic N) is 1. The molecule has 0 bridgehead atoms. The van der Waals surface area contributed by atoms with Crippen LogP contribution >= 0.6 is 15.9 Å². The van der Waals surface area contributed by atoms with Crippen LogP contribution < -0.4 is 5.32 Å². The summed E-state index contributed by atoms with van der Waals surface area (Å²) in [5, 5.41) is 2.18. The average molecular weight is 477 g/mol. The van der Waals surface area contributed by atoms with E-state index in [4.69, 9.17) is 0 Å². The molecule has 1 heterocycles. The Balaban J connectivity index is 1.88. The van der Waals surface area contributed by atoms with E-state index in [0.717, 1.165) is 10.4 Å². The van der Waals surface area contributed by atoms with Gasteiger partial charge in [0.25, 0.3) is 0 Å². The van der Waals surface area contributed by atoms with Gasteiger partial charge in [0.05, 0.1) is 10.6 Å². The number of sulfonamides is 1. The molecule has 3 rings (SSSR count). The lowest BCUT2D eigenvalue weighted by molar-refractivity contribution is -0.120. The number of rotatable bonds is 4. The molecule has 1 aliphatic heterocycles. The number of benzene rings is 2. The van der Waals surface area contributed by atoms with Crippen molar-refractivity contribution >= 4 is 37.5 Å². The van der Waals surface area contributed by atoms with Crippen molar-refractivity contribution in [3.05, 3.63) is 58.3 Å². The third kappa shape index (κ3) is 4.08. The number of hydrogen-bond donors (Lipinski definition) is 1. The van der Waals surface area contributed by atoms with Gasteiger partial charge in [-0.25, -0.2) is 21.6 Å². The van der Waals surface area contributed by atoms with Gasteiger partial charge in [-0.3, -0.25) is 4.79 Å². The molecule has 2 aromatic carbocycles. The van der Waals surface area contributed by atoms with E-state index >= 15 is 0 Å². The summed E-state index contributed by atoms with van der Waals surface area (Å²) in [6, 6.07) is 6.46. The number of halogens is 4. The number of carbonyl (C=O) groups excluding carboxylic acids is 1. The molecule has 28 heavy (non-hydrogen) atoms.